The molecular formula is C17H22ClNO5S. The molecule has 2 rings (SSSR count). The average Bonchev–Trinajstić information content (AvgIpc) is 2.80. The maximum absolute atomic E-state index is 12.1. The van der Waals surface area contributed by atoms with Gasteiger partial charge < -0.3 is 14.8 Å². The van der Waals surface area contributed by atoms with Gasteiger partial charge in [0, 0.05) is 6.08 Å². The van der Waals surface area contributed by atoms with E-state index >= 15 is 0 Å². The highest BCUT2D eigenvalue weighted by Gasteiger charge is 2.39. The summed E-state index contributed by atoms with van der Waals surface area (Å²) >= 11 is 6.19. The van der Waals surface area contributed by atoms with Crippen molar-refractivity contribution in [2.24, 2.45) is 0 Å². The van der Waals surface area contributed by atoms with Crippen LogP contribution in [0, 0.1) is 0 Å². The summed E-state index contributed by atoms with van der Waals surface area (Å²) in [5.74, 6) is 0.630. The number of amides is 1. The van der Waals surface area contributed by atoms with Crippen LogP contribution in [0.5, 0.6) is 11.5 Å². The number of ether oxygens (including phenoxy) is 2. The molecule has 1 aliphatic heterocycles. The minimum atomic E-state index is -3.08. The Hall–Kier alpha value is -1.73. The van der Waals surface area contributed by atoms with Crippen molar-refractivity contribution in [3.8, 4) is 11.5 Å². The Morgan fingerprint density at radius 1 is 1.44 bits per heavy atom. The molecule has 1 fully saturated rings. The second kappa shape index (κ2) is 7.66. The summed E-state index contributed by atoms with van der Waals surface area (Å²) in [6.07, 6.45) is 3.35. The topological polar surface area (TPSA) is 81.7 Å². The van der Waals surface area contributed by atoms with Crippen LogP contribution in [0.2, 0.25) is 5.02 Å². The number of hydrogen-bond acceptors (Lipinski definition) is 5. The Morgan fingerprint density at radius 3 is 2.72 bits per heavy atom. The van der Waals surface area contributed by atoms with Crippen molar-refractivity contribution < 1.29 is 22.7 Å². The summed E-state index contributed by atoms with van der Waals surface area (Å²) < 4.78 is 33.9. The Kier molecular flexibility index (Phi) is 6.00. The number of halogens is 1. The van der Waals surface area contributed by atoms with Crippen LogP contribution < -0.4 is 14.8 Å². The van der Waals surface area contributed by atoms with Gasteiger partial charge in [0.25, 0.3) is 0 Å². The Bertz CT molecular complexity index is 790. The van der Waals surface area contributed by atoms with E-state index in [1.165, 1.54) is 13.2 Å². The molecule has 8 heteroatoms. The van der Waals surface area contributed by atoms with E-state index in [2.05, 4.69) is 5.32 Å². The summed E-state index contributed by atoms with van der Waals surface area (Å²) in [7, 11) is -1.57. The number of rotatable bonds is 6. The molecule has 1 N–H and O–H groups in total. The minimum Gasteiger partial charge on any atom is -0.493 e. The highest BCUT2D eigenvalue weighted by molar-refractivity contribution is 7.91. The quantitative estimate of drug-likeness (QED) is 0.758. The van der Waals surface area contributed by atoms with Gasteiger partial charge in [0.15, 0.2) is 21.3 Å². The lowest BCUT2D eigenvalue weighted by atomic mass is 10.0. The largest absolute Gasteiger partial charge is 0.493 e. The number of benzene rings is 1. The van der Waals surface area contributed by atoms with E-state index < -0.39 is 15.4 Å². The first-order valence-corrected chi connectivity index (χ1v) is 10.1. The number of nitrogens with one attached hydrogen (secondary N) is 1. The van der Waals surface area contributed by atoms with Crippen LogP contribution in [0.15, 0.2) is 18.2 Å². The molecule has 1 unspecified atom stereocenters. The normalized spacial score (nSPS) is 22.1. The SMILES string of the molecule is CCOc1c(Cl)cc(/C=C/C(=O)NC2(C)CCS(=O)(=O)C2)cc1OC. The summed E-state index contributed by atoms with van der Waals surface area (Å²) in [5, 5.41) is 3.15. The first-order valence-electron chi connectivity index (χ1n) is 7.89. The Morgan fingerprint density at radius 2 is 2.16 bits per heavy atom. The maximum Gasteiger partial charge on any atom is 0.244 e. The molecule has 0 saturated carbocycles. The number of hydrogen-bond donors (Lipinski definition) is 1. The van der Waals surface area contributed by atoms with E-state index in [9.17, 15) is 13.2 Å². The molecule has 1 aromatic carbocycles. The van der Waals surface area contributed by atoms with E-state index in [0.717, 1.165) is 0 Å². The minimum absolute atomic E-state index is 0.0394. The van der Waals surface area contributed by atoms with Gasteiger partial charge in [-0.3, -0.25) is 4.79 Å². The standard InChI is InChI=1S/C17H22ClNO5S/c1-4-24-16-13(18)9-12(10-14(16)23-3)5-6-15(20)19-17(2)7-8-25(21,22)11-17/h5-6,9-10H,4,7-8,11H2,1-3H3,(H,19,20)/b6-5+. The molecule has 0 radical (unpaired) electrons. The summed E-state index contributed by atoms with van der Waals surface area (Å²) in [5.41, 5.74) is -0.0568. The molecule has 138 valence electrons. The zero-order chi connectivity index (χ0) is 18.7. The lowest BCUT2D eigenvalue weighted by Crippen LogP contribution is -2.46. The first kappa shape index (κ1) is 19.6. The molecule has 1 heterocycles. The molecule has 1 atom stereocenters. The molecule has 1 aromatic rings. The monoisotopic (exact) mass is 387 g/mol. The fourth-order valence-electron chi connectivity index (χ4n) is 2.74. The van der Waals surface area contributed by atoms with Gasteiger partial charge in [0.1, 0.15) is 0 Å². The summed E-state index contributed by atoms with van der Waals surface area (Å²) in [4.78, 5) is 12.1. The van der Waals surface area contributed by atoms with Crippen LogP contribution in [-0.2, 0) is 14.6 Å². The smallest absolute Gasteiger partial charge is 0.244 e. The second-order valence-electron chi connectivity index (χ2n) is 6.19. The van der Waals surface area contributed by atoms with E-state index in [4.69, 9.17) is 21.1 Å². The molecule has 25 heavy (non-hydrogen) atoms. The van der Waals surface area contributed by atoms with Gasteiger partial charge in [-0.05, 0) is 44.0 Å². The van der Waals surface area contributed by atoms with Crippen LogP contribution in [0.25, 0.3) is 6.08 Å². The molecule has 1 amide bonds. The van der Waals surface area contributed by atoms with Crippen molar-refractivity contribution in [2.75, 3.05) is 25.2 Å². The fraction of sp³-hybridized carbons (Fsp3) is 0.471. The van der Waals surface area contributed by atoms with Gasteiger partial charge in [0.2, 0.25) is 5.91 Å². The molecule has 0 spiro atoms. The Labute approximate surface area is 153 Å². The van der Waals surface area contributed by atoms with Crippen molar-refractivity contribution in [2.45, 2.75) is 25.8 Å². The maximum atomic E-state index is 12.1. The lowest BCUT2D eigenvalue weighted by Gasteiger charge is -2.22. The first-order chi connectivity index (χ1) is 11.7. The second-order valence-corrected chi connectivity index (χ2v) is 8.78. The van der Waals surface area contributed by atoms with E-state index in [1.54, 1.807) is 25.1 Å². The van der Waals surface area contributed by atoms with Crippen molar-refractivity contribution in [1.82, 2.24) is 5.32 Å². The molecule has 6 nitrogen and oxygen atoms in total. The van der Waals surface area contributed by atoms with Gasteiger partial charge in [-0.1, -0.05) is 11.6 Å². The summed E-state index contributed by atoms with van der Waals surface area (Å²) in [6.45, 7) is 4.03. The van der Waals surface area contributed by atoms with Crippen molar-refractivity contribution >= 4 is 33.4 Å². The lowest BCUT2D eigenvalue weighted by molar-refractivity contribution is -0.117. The predicted molar refractivity (Wildman–Crippen MR) is 98.0 cm³/mol. The fourth-order valence-corrected chi connectivity index (χ4v) is 5.11. The number of sulfone groups is 1. The van der Waals surface area contributed by atoms with E-state index in [0.29, 0.717) is 35.1 Å². The number of carbonyl (C=O) groups is 1. The highest BCUT2D eigenvalue weighted by Crippen LogP contribution is 2.36. The van der Waals surface area contributed by atoms with Crippen molar-refractivity contribution in [1.29, 1.82) is 0 Å². The molecule has 0 aromatic heterocycles. The van der Waals surface area contributed by atoms with Crippen molar-refractivity contribution in [3.63, 3.8) is 0 Å². The molecule has 1 saturated heterocycles. The average molecular weight is 388 g/mol. The third kappa shape index (κ3) is 5.12. The van der Waals surface area contributed by atoms with E-state index in [-0.39, 0.29) is 17.4 Å². The highest BCUT2D eigenvalue weighted by atomic mass is 35.5. The van der Waals surface area contributed by atoms with E-state index in [1.807, 2.05) is 6.92 Å². The van der Waals surface area contributed by atoms with Crippen LogP contribution in [0.3, 0.4) is 0 Å². The predicted octanol–water partition coefficient (Wildman–Crippen LogP) is 2.45. The number of methoxy groups -OCH3 is 1. The van der Waals surface area contributed by atoms with Gasteiger partial charge in [-0.2, -0.15) is 0 Å². The zero-order valence-corrected chi connectivity index (χ0v) is 16.0. The van der Waals surface area contributed by atoms with Crippen molar-refractivity contribution in [3.05, 3.63) is 28.8 Å². The van der Waals surface area contributed by atoms with Gasteiger partial charge in [-0.25, -0.2) is 8.42 Å². The zero-order valence-electron chi connectivity index (χ0n) is 14.5. The van der Waals surface area contributed by atoms with Crippen LogP contribution in [-0.4, -0.2) is 45.1 Å². The van der Waals surface area contributed by atoms with Crippen LogP contribution >= 0.6 is 11.6 Å². The van der Waals surface area contributed by atoms with Gasteiger partial charge in [0.05, 0.1) is 35.8 Å². The summed E-state index contributed by atoms with van der Waals surface area (Å²) in [6, 6.07) is 3.38. The Balaban J connectivity index is 2.11. The molecule has 0 aliphatic carbocycles. The van der Waals surface area contributed by atoms with Gasteiger partial charge in [-0.15, -0.1) is 0 Å². The molecular weight excluding hydrogens is 366 g/mol. The molecule has 0 bridgehead atoms. The molecule has 1 aliphatic rings. The van der Waals surface area contributed by atoms with Crippen LogP contribution in [0.1, 0.15) is 25.8 Å². The third-order valence-electron chi connectivity index (χ3n) is 3.90. The van der Waals surface area contributed by atoms with Gasteiger partial charge >= 0.3 is 0 Å². The third-order valence-corrected chi connectivity index (χ3v) is 6.08. The van der Waals surface area contributed by atoms with Crippen LogP contribution in [0.4, 0.5) is 0 Å². The number of carbonyl (C=O) groups excluding carboxylic acids is 1.